The van der Waals surface area contributed by atoms with Gasteiger partial charge in [0.25, 0.3) is 0 Å². The predicted molar refractivity (Wildman–Crippen MR) is 276 cm³/mol. The van der Waals surface area contributed by atoms with Gasteiger partial charge in [0.2, 0.25) is 5.91 Å². The van der Waals surface area contributed by atoms with Crippen LogP contribution in [0.5, 0.6) is 0 Å². The second-order valence-electron chi connectivity index (χ2n) is 19.0. The lowest BCUT2D eigenvalue weighted by atomic mass is 10.0. The first-order chi connectivity index (χ1) is 30.7. The first kappa shape index (κ1) is 60.4. The van der Waals surface area contributed by atoms with Gasteiger partial charge >= 0.3 is 0 Å². The first-order valence-corrected chi connectivity index (χ1v) is 27.8. The molecule has 1 amide bonds. The highest BCUT2D eigenvalue weighted by atomic mass is 16.3. The Morgan fingerprint density at radius 2 is 0.710 bits per heavy atom. The van der Waals surface area contributed by atoms with Crippen molar-refractivity contribution in [3.63, 3.8) is 0 Å². The van der Waals surface area contributed by atoms with Crippen molar-refractivity contribution in [2.24, 2.45) is 0 Å². The molecule has 0 heterocycles. The molecule has 0 aliphatic carbocycles. The van der Waals surface area contributed by atoms with Gasteiger partial charge in [-0.25, -0.2) is 0 Å². The summed E-state index contributed by atoms with van der Waals surface area (Å²) in [6, 6.07) is -0.531. The van der Waals surface area contributed by atoms with Crippen molar-refractivity contribution >= 4 is 5.91 Å². The Morgan fingerprint density at radius 1 is 0.403 bits per heavy atom. The van der Waals surface area contributed by atoms with Crippen molar-refractivity contribution < 1.29 is 15.0 Å². The molecule has 0 aliphatic rings. The maximum absolute atomic E-state index is 12.4. The van der Waals surface area contributed by atoms with Gasteiger partial charge in [0.05, 0.1) is 18.8 Å². The van der Waals surface area contributed by atoms with Crippen molar-refractivity contribution in [2.75, 3.05) is 6.61 Å². The summed E-state index contributed by atoms with van der Waals surface area (Å²) < 4.78 is 0. The van der Waals surface area contributed by atoms with Crippen molar-refractivity contribution in [3.8, 4) is 0 Å². The molecule has 0 aromatic heterocycles. The Morgan fingerprint density at radius 3 is 1.06 bits per heavy atom. The van der Waals surface area contributed by atoms with Crippen LogP contribution < -0.4 is 5.32 Å². The number of hydrogen-bond donors (Lipinski definition) is 3. The quantitative estimate of drug-likeness (QED) is 0.0421. The van der Waals surface area contributed by atoms with Gasteiger partial charge in [0.15, 0.2) is 0 Å². The summed E-state index contributed by atoms with van der Waals surface area (Å²) in [7, 11) is 0. The number of rotatable bonds is 51. The zero-order chi connectivity index (χ0) is 44.9. The van der Waals surface area contributed by atoms with Crippen LogP contribution >= 0.6 is 0 Å². The van der Waals surface area contributed by atoms with E-state index in [-0.39, 0.29) is 12.5 Å². The fraction of sp³-hybridized carbons (Fsp3) is 0.845. The molecule has 3 N–H and O–H groups in total. The number of amides is 1. The highest BCUT2D eigenvalue weighted by molar-refractivity contribution is 5.76. The second-order valence-corrected chi connectivity index (χ2v) is 19.0. The van der Waals surface area contributed by atoms with E-state index in [4.69, 9.17) is 0 Å². The van der Waals surface area contributed by atoms with E-state index in [1.54, 1.807) is 0 Å². The third-order valence-electron chi connectivity index (χ3n) is 12.9. The minimum absolute atomic E-state index is 0.0290. The lowest BCUT2D eigenvalue weighted by molar-refractivity contribution is -0.123. The summed E-state index contributed by atoms with van der Waals surface area (Å²) in [5.74, 6) is -0.0290. The molecule has 0 bridgehead atoms. The highest BCUT2D eigenvalue weighted by Gasteiger charge is 2.20. The SMILES string of the molecule is CC/C=C\C/C=C\C/C=C\C/C=C\CCCCCCCCCCCCCCCCCCCCCCCCCCCCCCC(=O)NC(CO)C(O)CCCCCCCCCCC. The van der Waals surface area contributed by atoms with Gasteiger partial charge in [-0.3, -0.25) is 4.79 Å². The number of aliphatic hydroxyl groups excluding tert-OH is 2. The molecule has 2 unspecified atom stereocenters. The molecule has 0 aliphatic heterocycles. The maximum Gasteiger partial charge on any atom is 0.220 e. The predicted octanol–water partition coefficient (Wildman–Crippen LogP) is 18.3. The molecule has 0 rings (SSSR count). The monoisotopic (exact) mass is 868 g/mol. The molecule has 0 saturated heterocycles. The molecule has 4 nitrogen and oxygen atoms in total. The van der Waals surface area contributed by atoms with Crippen molar-refractivity contribution in [1.82, 2.24) is 5.32 Å². The van der Waals surface area contributed by atoms with Crippen LogP contribution in [0.2, 0.25) is 0 Å². The standard InChI is InChI=1S/C58H109NO3/c1-3-5-7-9-11-13-14-15-16-17-18-19-20-21-22-23-24-25-26-27-28-29-30-31-32-33-34-35-36-37-38-39-40-41-42-43-44-46-48-50-52-54-58(62)59-56(55-60)57(61)53-51-49-47-45-12-10-8-6-4-2/h5,7,11,13,15-16,18-19,56-57,60-61H,3-4,6,8-10,12,14,17,20-55H2,1-2H3,(H,59,62)/b7-5-,13-11-,16-15-,19-18-. The third kappa shape index (κ3) is 49.4. The Bertz CT molecular complexity index is 985. The molecule has 0 spiro atoms. The highest BCUT2D eigenvalue weighted by Crippen LogP contribution is 2.18. The van der Waals surface area contributed by atoms with Crippen molar-refractivity contribution in [1.29, 1.82) is 0 Å². The molecule has 0 aromatic carbocycles. The van der Waals surface area contributed by atoms with Gasteiger partial charge in [-0.15, -0.1) is 0 Å². The largest absolute Gasteiger partial charge is 0.394 e. The second kappa shape index (κ2) is 53.7. The molecule has 0 aromatic rings. The van der Waals surface area contributed by atoms with Gasteiger partial charge in [0, 0.05) is 6.42 Å². The van der Waals surface area contributed by atoms with E-state index >= 15 is 0 Å². The molecular weight excluding hydrogens is 759 g/mol. The number of carbonyl (C=O) groups is 1. The molecular formula is C58H109NO3. The van der Waals surface area contributed by atoms with E-state index in [1.807, 2.05) is 0 Å². The van der Waals surface area contributed by atoms with Crippen molar-refractivity contribution in [3.05, 3.63) is 48.6 Å². The minimum Gasteiger partial charge on any atom is -0.394 e. The Kier molecular flexibility index (Phi) is 52.3. The lowest BCUT2D eigenvalue weighted by Crippen LogP contribution is -2.45. The third-order valence-corrected chi connectivity index (χ3v) is 12.9. The molecule has 0 fully saturated rings. The summed E-state index contributed by atoms with van der Waals surface area (Å²) in [5, 5.41) is 23.1. The van der Waals surface area contributed by atoms with Gasteiger partial charge in [-0.2, -0.15) is 0 Å². The number of carbonyl (C=O) groups excluding carboxylic acids is 1. The van der Waals surface area contributed by atoms with Gasteiger partial charge < -0.3 is 15.5 Å². The summed E-state index contributed by atoms with van der Waals surface area (Å²) in [4.78, 5) is 12.4. The maximum atomic E-state index is 12.4. The molecule has 4 heteroatoms. The van der Waals surface area contributed by atoms with Crippen LogP contribution in [-0.2, 0) is 4.79 Å². The van der Waals surface area contributed by atoms with Crippen LogP contribution in [0.1, 0.15) is 296 Å². The molecule has 2 atom stereocenters. The van der Waals surface area contributed by atoms with E-state index in [1.165, 1.54) is 218 Å². The molecule has 62 heavy (non-hydrogen) atoms. The van der Waals surface area contributed by atoms with Crippen LogP contribution in [0.4, 0.5) is 0 Å². The van der Waals surface area contributed by atoms with Crippen LogP contribution in [0.3, 0.4) is 0 Å². The number of hydrogen-bond acceptors (Lipinski definition) is 3. The van der Waals surface area contributed by atoms with E-state index in [9.17, 15) is 15.0 Å². The zero-order valence-corrected chi connectivity index (χ0v) is 41.9. The topological polar surface area (TPSA) is 69.6 Å². The van der Waals surface area contributed by atoms with Crippen LogP contribution in [0, 0.1) is 0 Å². The Labute approximate surface area is 388 Å². The number of aliphatic hydroxyl groups is 2. The smallest absolute Gasteiger partial charge is 0.220 e. The first-order valence-electron chi connectivity index (χ1n) is 27.8. The van der Waals surface area contributed by atoms with E-state index < -0.39 is 12.1 Å². The minimum atomic E-state index is -0.654. The van der Waals surface area contributed by atoms with Crippen molar-refractivity contribution in [2.45, 2.75) is 309 Å². The summed E-state index contributed by atoms with van der Waals surface area (Å²) >= 11 is 0. The fourth-order valence-electron chi connectivity index (χ4n) is 8.65. The number of allylic oxidation sites excluding steroid dienone is 8. The summed E-state index contributed by atoms with van der Waals surface area (Å²) in [5.41, 5.74) is 0. The Hall–Kier alpha value is -1.65. The van der Waals surface area contributed by atoms with Crippen LogP contribution in [-0.4, -0.2) is 34.9 Å². The summed E-state index contributed by atoms with van der Waals surface area (Å²) in [6.45, 7) is 4.24. The van der Waals surface area contributed by atoms with Crippen LogP contribution in [0.15, 0.2) is 48.6 Å². The van der Waals surface area contributed by atoms with Gasteiger partial charge in [-0.1, -0.05) is 287 Å². The van der Waals surface area contributed by atoms with E-state index in [0.29, 0.717) is 12.8 Å². The van der Waals surface area contributed by atoms with Gasteiger partial charge in [-0.05, 0) is 51.4 Å². The lowest BCUT2D eigenvalue weighted by Gasteiger charge is -2.22. The number of nitrogens with one attached hydrogen (secondary N) is 1. The molecule has 0 saturated carbocycles. The average molecular weight is 869 g/mol. The molecule has 364 valence electrons. The Balaban J connectivity index is 3.32. The average Bonchev–Trinajstić information content (AvgIpc) is 3.28. The summed E-state index contributed by atoms with van der Waals surface area (Å²) in [6.07, 6.45) is 74.2. The number of unbranched alkanes of at least 4 members (excludes halogenated alkanes) is 36. The van der Waals surface area contributed by atoms with E-state index in [0.717, 1.165) is 51.4 Å². The normalized spacial score (nSPS) is 13.2. The van der Waals surface area contributed by atoms with Crippen LogP contribution in [0.25, 0.3) is 0 Å². The molecule has 0 radical (unpaired) electrons. The zero-order valence-electron chi connectivity index (χ0n) is 41.9. The van der Waals surface area contributed by atoms with E-state index in [2.05, 4.69) is 67.8 Å². The fourth-order valence-corrected chi connectivity index (χ4v) is 8.65. The van der Waals surface area contributed by atoms with Gasteiger partial charge in [0.1, 0.15) is 0 Å².